The first-order chi connectivity index (χ1) is 9.58. The van der Waals surface area contributed by atoms with Gasteiger partial charge in [-0.05, 0) is 43.9 Å². The average Bonchev–Trinajstić information content (AvgIpc) is 2.38. The van der Waals surface area contributed by atoms with E-state index < -0.39 is 16.8 Å². The van der Waals surface area contributed by atoms with Crippen molar-refractivity contribution in [2.24, 2.45) is 0 Å². The number of carbonyl (C=O) groups is 1. The molecule has 0 aliphatic heterocycles. The van der Waals surface area contributed by atoms with Crippen LogP contribution >= 0.6 is 0 Å². The van der Waals surface area contributed by atoms with Gasteiger partial charge in [-0.2, -0.15) is 0 Å². The van der Waals surface area contributed by atoms with Crippen molar-refractivity contribution in [1.82, 2.24) is 0 Å². The van der Waals surface area contributed by atoms with Gasteiger partial charge in [0.25, 0.3) is 0 Å². The third-order valence-electron chi connectivity index (χ3n) is 2.79. The van der Waals surface area contributed by atoms with E-state index in [-0.39, 0.29) is 6.42 Å². The SMILES string of the molecule is Cc1cccc(OCCCCS(=O)CCCC(=O)O)c1. The molecule has 0 heterocycles. The molecule has 0 spiro atoms. The van der Waals surface area contributed by atoms with Crippen molar-refractivity contribution < 1.29 is 18.8 Å². The minimum atomic E-state index is -0.907. The molecule has 0 aliphatic carbocycles. The second-order valence-electron chi connectivity index (χ2n) is 4.72. The normalized spacial score (nSPS) is 12.1. The number of carboxylic acids is 1. The Labute approximate surface area is 122 Å². The van der Waals surface area contributed by atoms with E-state index in [1.165, 1.54) is 5.56 Å². The molecule has 1 aromatic rings. The predicted octanol–water partition coefficient (Wildman–Crippen LogP) is 2.77. The average molecular weight is 298 g/mol. The summed E-state index contributed by atoms with van der Waals surface area (Å²) in [7, 11) is -0.907. The van der Waals surface area contributed by atoms with Crippen molar-refractivity contribution in [3.05, 3.63) is 29.8 Å². The van der Waals surface area contributed by atoms with Crippen molar-refractivity contribution in [2.45, 2.75) is 32.6 Å². The van der Waals surface area contributed by atoms with Crippen molar-refractivity contribution >= 4 is 16.8 Å². The van der Waals surface area contributed by atoms with E-state index in [0.29, 0.717) is 24.5 Å². The molecule has 1 atom stereocenters. The van der Waals surface area contributed by atoms with E-state index in [0.717, 1.165) is 18.6 Å². The molecule has 1 N–H and O–H groups in total. The Bertz CT molecular complexity index is 445. The molecule has 0 bridgehead atoms. The van der Waals surface area contributed by atoms with Crippen LogP contribution in [0.4, 0.5) is 0 Å². The van der Waals surface area contributed by atoms with E-state index in [9.17, 15) is 9.00 Å². The zero-order chi connectivity index (χ0) is 14.8. The molecule has 20 heavy (non-hydrogen) atoms. The van der Waals surface area contributed by atoms with E-state index in [2.05, 4.69) is 0 Å². The van der Waals surface area contributed by atoms with Crippen LogP contribution in [0.2, 0.25) is 0 Å². The summed E-state index contributed by atoms with van der Waals surface area (Å²) < 4.78 is 17.2. The summed E-state index contributed by atoms with van der Waals surface area (Å²) in [5.41, 5.74) is 1.17. The van der Waals surface area contributed by atoms with Gasteiger partial charge < -0.3 is 9.84 Å². The maximum absolute atomic E-state index is 11.6. The highest BCUT2D eigenvalue weighted by Crippen LogP contribution is 2.12. The summed E-state index contributed by atoms with van der Waals surface area (Å²) in [6, 6.07) is 7.90. The maximum atomic E-state index is 11.6. The first-order valence-electron chi connectivity index (χ1n) is 6.84. The molecule has 0 saturated carbocycles. The van der Waals surface area contributed by atoms with Crippen LogP contribution in [0.15, 0.2) is 24.3 Å². The minimum absolute atomic E-state index is 0.0994. The third kappa shape index (κ3) is 7.94. The van der Waals surface area contributed by atoms with Gasteiger partial charge in [0, 0.05) is 28.7 Å². The van der Waals surface area contributed by atoms with Crippen molar-refractivity contribution in [3.63, 3.8) is 0 Å². The molecule has 0 fully saturated rings. The number of benzene rings is 1. The van der Waals surface area contributed by atoms with Crippen LogP contribution in [0, 0.1) is 6.92 Å². The number of hydrogen-bond donors (Lipinski definition) is 1. The highest BCUT2D eigenvalue weighted by atomic mass is 32.2. The number of ether oxygens (including phenoxy) is 1. The van der Waals surface area contributed by atoms with Gasteiger partial charge in [-0.1, -0.05) is 12.1 Å². The molecule has 5 heteroatoms. The second kappa shape index (κ2) is 9.53. The van der Waals surface area contributed by atoms with Crippen LogP contribution in [-0.2, 0) is 15.6 Å². The number of carboxylic acid groups (broad SMARTS) is 1. The van der Waals surface area contributed by atoms with Gasteiger partial charge >= 0.3 is 5.97 Å². The van der Waals surface area contributed by atoms with Crippen molar-refractivity contribution in [1.29, 1.82) is 0 Å². The third-order valence-corrected chi connectivity index (χ3v) is 4.28. The Hall–Kier alpha value is -1.36. The molecular formula is C15H22O4S. The molecule has 112 valence electrons. The van der Waals surface area contributed by atoms with Crippen LogP contribution in [0.1, 0.15) is 31.2 Å². The Balaban J connectivity index is 2.04. The highest BCUT2D eigenvalue weighted by Gasteiger charge is 2.03. The van der Waals surface area contributed by atoms with Gasteiger partial charge in [0.15, 0.2) is 0 Å². The molecule has 1 rings (SSSR count). The summed E-state index contributed by atoms with van der Waals surface area (Å²) in [5.74, 6) is 1.14. The fraction of sp³-hybridized carbons (Fsp3) is 0.533. The van der Waals surface area contributed by atoms with Gasteiger partial charge in [-0.3, -0.25) is 9.00 Å². The summed E-state index contributed by atoms with van der Waals surface area (Å²) in [6.45, 7) is 2.64. The molecule has 0 amide bonds. The van der Waals surface area contributed by atoms with Crippen LogP contribution in [0.5, 0.6) is 5.75 Å². The van der Waals surface area contributed by atoms with Crippen LogP contribution in [0.25, 0.3) is 0 Å². The van der Waals surface area contributed by atoms with Crippen molar-refractivity contribution in [2.75, 3.05) is 18.1 Å². The monoisotopic (exact) mass is 298 g/mol. The van der Waals surface area contributed by atoms with Crippen molar-refractivity contribution in [3.8, 4) is 5.75 Å². The van der Waals surface area contributed by atoms with Crippen LogP contribution < -0.4 is 4.74 Å². The smallest absolute Gasteiger partial charge is 0.303 e. The molecular weight excluding hydrogens is 276 g/mol. The van der Waals surface area contributed by atoms with Crippen LogP contribution in [0.3, 0.4) is 0 Å². The largest absolute Gasteiger partial charge is 0.494 e. The zero-order valence-electron chi connectivity index (χ0n) is 11.8. The Kier molecular flexibility index (Phi) is 7.95. The number of rotatable bonds is 10. The molecule has 0 radical (unpaired) electrons. The highest BCUT2D eigenvalue weighted by molar-refractivity contribution is 7.84. The Morgan fingerprint density at radius 2 is 2.00 bits per heavy atom. The summed E-state index contributed by atoms with van der Waals surface area (Å²) in [5, 5.41) is 8.48. The van der Waals surface area contributed by atoms with E-state index in [1.807, 2.05) is 31.2 Å². The summed E-state index contributed by atoms with van der Waals surface area (Å²) in [4.78, 5) is 10.3. The van der Waals surface area contributed by atoms with E-state index >= 15 is 0 Å². The molecule has 0 saturated heterocycles. The molecule has 0 aromatic heterocycles. The standard InChI is InChI=1S/C15H22O4S/c1-13-6-4-7-14(12-13)19-9-2-3-10-20(18)11-5-8-15(16)17/h4,6-7,12H,2-3,5,8-11H2,1H3,(H,16,17). The second-order valence-corrected chi connectivity index (χ2v) is 6.41. The summed E-state index contributed by atoms with van der Waals surface area (Å²) in [6.07, 6.45) is 2.29. The van der Waals surface area contributed by atoms with Gasteiger partial charge in [0.1, 0.15) is 5.75 Å². The number of aliphatic carboxylic acids is 1. The number of hydrogen-bond acceptors (Lipinski definition) is 3. The fourth-order valence-electron chi connectivity index (χ4n) is 1.75. The van der Waals surface area contributed by atoms with E-state index in [1.54, 1.807) is 0 Å². The Morgan fingerprint density at radius 1 is 1.25 bits per heavy atom. The maximum Gasteiger partial charge on any atom is 0.303 e. The predicted molar refractivity (Wildman–Crippen MR) is 80.7 cm³/mol. The number of unbranched alkanes of at least 4 members (excludes halogenated alkanes) is 1. The minimum Gasteiger partial charge on any atom is -0.494 e. The first kappa shape index (κ1) is 16.7. The van der Waals surface area contributed by atoms with Gasteiger partial charge in [-0.25, -0.2) is 0 Å². The zero-order valence-corrected chi connectivity index (χ0v) is 12.7. The molecule has 0 aliphatic rings. The molecule has 1 unspecified atom stereocenters. The van der Waals surface area contributed by atoms with E-state index in [4.69, 9.17) is 9.84 Å². The van der Waals surface area contributed by atoms with Gasteiger partial charge in [-0.15, -0.1) is 0 Å². The number of aryl methyl sites for hydroxylation is 1. The lowest BCUT2D eigenvalue weighted by Crippen LogP contribution is -2.07. The topological polar surface area (TPSA) is 63.6 Å². The fourth-order valence-corrected chi connectivity index (χ4v) is 2.94. The van der Waals surface area contributed by atoms with Crippen LogP contribution in [-0.4, -0.2) is 33.4 Å². The lowest BCUT2D eigenvalue weighted by Gasteiger charge is -2.06. The molecule has 1 aromatic carbocycles. The first-order valence-corrected chi connectivity index (χ1v) is 8.33. The van der Waals surface area contributed by atoms with Gasteiger partial charge in [0.05, 0.1) is 6.61 Å². The summed E-state index contributed by atoms with van der Waals surface area (Å²) >= 11 is 0. The molecule has 4 nitrogen and oxygen atoms in total. The lowest BCUT2D eigenvalue weighted by atomic mass is 10.2. The lowest BCUT2D eigenvalue weighted by molar-refractivity contribution is -0.137. The Morgan fingerprint density at radius 3 is 2.70 bits per heavy atom. The quantitative estimate of drug-likeness (QED) is 0.675. The van der Waals surface area contributed by atoms with Gasteiger partial charge in [0.2, 0.25) is 0 Å².